The minimum absolute atomic E-state index is 0.0648. The van der Waals surface area contributed by atoms with E-state index in [0.29, 0.717) is 29.2 Å². The number of carbonyl (C=O) groups excluding carboxylic acids is 2. The number of hydrogen-bond acceptors (Lipinski definition) is 7. The smallest absolute Gasteiger partial charge is 0.410 e. The molecule has 1 aromatic carbocycles. The fourth-order valence-electron chi connectivity index (χ4n) is 4.32. The maximum absolute atomic E-state index is 13.5. The number of nitrogens with zero attached hydrogens (tertiary/aromatic N) is 4. The van der Waals surface area contributed by atoms with Crippen LogP contribution in [0.4, 0.5) is 4.79 Å². The topological polar surface area (TPSA) is 122 Å². The Balaban J connectivity index is 0.00000313. The summed E-state index contributed by atoms with van der Waals surface area (Å²) >= 11 is 6.09. The van der Waals surface area contributed by atoms with E-state index in [9.17, 15) is 19.5 Å². The van der Waals surface area contributed by atoms with E-state index in [1.54, 1.807) is 42.5 Å². The maximum Gasteiger partial charge on any atom is 0.410 e. The average Bonchev–Trinajstić information content (AvgIpc) is 3.07. The van der Waals surface area contributed by atoms with Gasteiger partial charge < -0.3 is 23.8 Å². The molecule has 0 radical (unpaired) electrons. The van der Waals surface area contributed by atoms with Gasteiger partial charge in [0.2, 0.25) is 0 Å². The number of aromatic nitrogens is 2. The molecule has 0 fully saturated rings. The van der Waals surface area contributed by atoms with Crippen LogP contribution in [-0.2, 0) is 21.9 Å². The van der Waals surface area contributed by atoms with Gasteiger partial charge in [-0.25, -0.2) is 14.6 Å². The predicted octanol–water partition coefficient (Wildman–Crippen LogP) is 9.47. The highest BCUT2D eigenvalue weighted by Gasteiger charge is 2.34. The quantitative estimate of drug-likeness (QED) is 0.182. The lowest BCUT2D eigenvalue weighted by molar-refractivity contribution is 0.0177. The second-order valence-corrected chi connectivity index (χ2v) is 18.0. The van der Waals surface area contributed by atoms with Crippen LogP contribution in [-0.4, -0.2) is 85.8 Å². The largest absolute Gasteiger partial charge is 0.478 e. The number of aromatic carboxylic acids is 1. The van der Waals surface area contributed by atoms with Gasteiger partial charge in [0.05, 0.1) is 12.1 Å². The summed E-state index contributed by atoms with van der Waals surface area (Å²) in [4.78, 5) is 49.3. The molecule has 0 aliphatic heterocycles. The van der Waals surface area contributed by atoms with Crippen molar-refractivity contribution in [3.05, 3.63) is 94.0 Å². The van der Waals surface area contributed by atoms with Crippen LogP contribution >= 0.6 is 21.9 Å². The number of carbonyl (C=O) groups is 3. The van der Waals surface area contributed by atoms with E-state index in [1.165, 1.54) is 17.2 Å². The molecule has 1 atom stereocenters. The van der Waals surface area contributed by atoms with Gasteiger partial charge in [-0.05, 0) is 75.1 Å². The van der Waals surface area contributed by atoms with Crippen LogP contribution in [0.25, 0.3) is 0 Å². The number of benzene rings is 1. The zero-order valence-electron chi connectivity index (χ0n) is 32.7. The minimum atomic E-state index is -1.58. The summed E-state index contributed by atoms with van der Waals surface area (Å²) in [5.41, 5.74) is 2.22. The van der Waals surface area contributed by atoms with E-state index in [-0.39, 0.29) is 29.3 Å². The molecule has 2 heterocycles. The van der Waals surface area contributed by atoms with E-state index in [4.69, 9.17) is 20.5 Å². The summed E-state index contributed by atoms with van der Waals surface area (Å²) < 4.78 is 12.5. The first kappa shape index (κ1) is 45.4. The fraction of sp³-hybridized carbons (Fsp3) is 0.513. The van der Waals surface area contributed by atoms with Gasteiger partial charge >= 0.3 is 12.1 Å². The molecule has 0 aliphatic carbocycles. The molecule has 0 bridgehead atoms. The molecule has 2 aromatic heterocycles. The monoisotopic (exact) mass is 746 g/mol. The van der Waals surface area contributed by atoms with Gasteiger partial charge in [0.15, 0.2) is 0 Å². The summed E-state index contributed by atoms with van der Waals surface area (Å²) in [6, 6.07) is 12.3. The van der Waals surface area contributed by atoms with Crippen molar-refractivity contribution < 1.29 is 28.4 Å². The van der Waals surface area contributed by atoms with E-state index in [2.05, 4.69) is 43.3 Å². The molecule has 0 aliphatic rings. The molecule has 1 N–H and O–H groups in total. The number of hydrogen-bond donors (Lipinski definition) is 1. The first-order valence-corrected chi connectivity index (χ1v) is 20.0. The Bertz CT molecular complexity index is 1540. The number of carboxylic acids is 1. The van der Waals surface area contributed by atoms with Crippen LogP contribution in [0.2, 0.25) is 5.15 Å². The molecule has 0 saturated heterocycles. The molecule has 51 heavy (non-hydrogen) atoms. The third kappa shape index (κ3) is 14.8. The molecule has 0 saturated carbocycles. The third-order valence-electron chi connectivity index (χ3n) is 7.67. The van der Waals surface area contributed by atoms with Gasteiger partial charge in [0, 0.05) is 54.6 Å². The van der Waals surface area contributed by atoms with Crippen molar-refractivity contribution in [2.45, 2.75) is 98.7 Å². The highest BCUT2D eigenvalue weighted by molar-refractivity contribution is 8.29. The van der Waals surface area contributed by atoms with Crippen LogP contribution in [0.15, 0.2) is 61.1 Å². The second kappa shape index (κ2) is 20.4. The predicted molar refractivity (Wildman–Crippen MR) is 210 cm³/mol. The summed E-state index contributed by atoms with van der Waals surface area (Å²) in [6.07, 6.45) is 8.32. The van der Waals surface area contributed by atoms with E-state index in [1.807, 2.05) is 66.7 Å². The normalized spacial score (nSPS) is 12.3. The highest BCUT2D eigenvalue weighted by Crippen LogP contribution is 2.56. The zero-order chi connectivity index (χ0) is 39.2. The van der Waals surface area contributed by atoms with E-state index < -0.39 is 34.1 Å². The van der Waals surface area contributed by atoms with Gasteiger partial charge in [-0.2, -0.15) is 0 Å². The summed E-state index contributed by atoms with van der Waals surface area (Å²) in [6.45, 7) is 20.7. The molecule has 284 valence electrons. The van der Waals surface area contributed by atoms with Crippen LogP contribution in [0.3, 0.4) is 0 Å². The second-order valence-electron chi connectivity index (χ2n) is 13.8. The summed E-state index contributed by atoms with van der Waals surface area (Å²) in [5.74, 6) is -1.29. The molecular formula is C39H59ClN4O6S. The van der Waals surface area contributed by atoms with Crippen molar-refractivity contribution in [1.29, 1.82) is 0 Å². The Hall–Kier alpha value is -3.67. The molecule has 3 rings (SSSR count). The molecule has 2 amide bonds. The summed E-state index contributed by atoms with van der Waals surface area (Å²) in [5, 5.41) is 9.60. The number of pyridine rings is 2. The highest BCUT2D eigenvalue weighted by atomic mass is 35.5. The fourth-order valence-corrected chi connectivity index (χ4v) is 5.48. The molecular weight excluding hydrogens is 688 g/mol. The van der Waals surface area contributed by atoms with Crippen molar-refractivity contribution in [2.75, 3.05) is 32.6 Å². The van der Waals surface area contributed by atoms with Crippen molar-refractivity contribution in [3.8, 4) is 0 Å². The van der Waals surface area contributed by atoms with Gasteiger partial charge in [0.25, 0.3) is 5.91 Å². The molecule has 10 nitrogen and oxygen atoms in total. The first-order valence-electron chi connectivity index (χ1n) is 17.3. The van der Waals surface area contributed by atoms with Crippen molar-refractivity contribution >= 4 is 39.9 Å². The Morgan fingerprint density at radius 3 is 2.00 bits per heavy atom. The average molecular weight is 747 g/mol. The maximum atomic E-state index is 13.5. The lowest BCUT2D eigenvalue weighted by Gasteiger charge is -2.46. The van der Waals surface area contributed by atoms with Crippen molar-refractivity contribution in [2.24, 2.45) is 0 Å². The van der Waals surface area contributed by atoms with Gasteiger partial charge in [-0.1, -0.05) is 78.3 Å². The number of ether oxygens (including phenoxy) is 1. The number of amides is 2. The zero-order valence-corrected chi connectivity index (χ0v) is 34.3. The van der Waals surface area contributed by atoms with Crippen molar-refractivity contribution in [1.82, 2.24) is 19.8 Å². The molecule has 1 unspecified atom stereocenters. The number of halogens is 1. The van der Waals surface area contributed by atoms with Crippen LogP contribution in [0, 0.1) is 0 Å². The molecule has 0 spiro atoms. The molecule has 12 heteroatoms. The SMILES string of the molecule is CC.CC.CN(Cc1cncc(C(=O)O)c1)C(=O)c1ccc(CCN(CC(OS(C)(C)C(C)(C)C)c2ccc(Cl)nc2)C(=O)OC(C)(C)C)cc1. The molecule has 3 aromatic rings. The van der Waals surface area contributed by atoms with Gasteiger partial charge in [0.1, 0.15) is 16.9 Å². The Kier molecular flexibility index (Phi) is 18.1. The number of carboxylic acid groups (broad SMARTS) is 1. The van der Waals surface area contributed by atoms with Gasteiger partial charge in [-0.15, -0.1) is 10.3 Å². The van der Waals surface area contributed by atoms with E-state index >= 15 is 0 Å². The lowest BCUT2D eigenvalue weighted by Crippen LogP contribution is -2.41. The summed E-state index contributed by atoms with van der Waals surface area (Å²) in [7, 11) is 0.0727. The van der Waals surface area contributed by atoms with Crippen LogP contribution in [0.1, 0.15) is 113 Å². The Morgan fingerprint density at radius 1 is 0.882 bits per heavy atom. The standard InChI is InChI=1S/C35H47ClN4O6S.2C2H6/c1-34(2,3)45-33(44)40(23-29(27-14-15-30(36)38-21-27)46-47(8,9)35(4,5)6)17-16-24-10-12-26(13-11-24)31(41)39(7)22-25-18-28(32(42)43)20-37-19-25;2*1-2/h10-15,18-21,29H,16-17,22-23H2,1-9H3,(H,42,43);2*1-2H3. The van der Waals surface area contributed by atoms with Crippen LogP contribution in [0.5, 0.6) is 0 Å². The first-order chi connectivity index (χ1) is 23.8. The van der Waals surface area contributed by atoms with Gasteiger partial charge in [-0.3, -0.25) is 9.78 Å². The number of rotatable bonds is 12. The van der Waals surface area contributed by atoms with Crippen LogP contribution < -0.4 is 0 Å². The third-order valence-corrected chi connectivity index (χ3v) is 11.6. The minimum Gasteiger partial charge on any atom is -0.478 e. The van der Waals surface area contributed by atoms with E-state index in [0.717, 1.165) is 11.1 Å². The van der Waals surface area contributed by atoms with Crippen molar-refractivity contribution in [3.63, 3.8) is 0 Å². The lowest BCUT2D eigenvalue weighted by atomic mass is 10.1. The Morgan fingerprint density at radius 2 is 1.49 bits per heavy atom. The Labute approximate surface area is 312 Å².